The van der Waals surface area contributed by atoms with Crippen LogP contribution in [0.1, 0.15) is 27.7 Å². The lowest BCUT2D eigenvalue weighted by atomic mass is 9.79. The average Bonchev–Trinajstić information content (AvgIpc) is 2.19. The second-order valence-corrected chi connectivity index (χ2v) is 5.58. The Morgan fingerprint density at radius 3 is 1.38 bits per heavy atom. The highest BCUT2D eigenvalue weighted by atomic mass is 14.2. The molecule has 0 aromatic carbocycles. The minimum atomic E-state index is 0.0588. The summed E-state index contributed by atoms with van der Waals surface area (Å²) in [6.45, 7) is 16.6. The molecule has 0 unspecified atom stereocenters. The van der Waals surface area contributed by atoms with Gasteiger partial charge in [0.05, 0.1) is 0 Å². The summed E-state index contributed by atoms with van der Waals surface area (Å²) in [5, 5.41) is 0. The van der Waals surface area contributed by atoms with Gasteiger partial charge in [-0.05, 0) is 11.1 Å². The van der Waals surface area contributed by atoms with Crippen LogP contribution < -0.4 is 0 Å². The lowest BCUT2D eigenvalue weighted by Crippen LogP contribution is -2.12. The van der Waals surface area contributed by atoms with Crippen LogP contribution in [-0.4, -0.2) is 0 Å². The zero-order valence-corrected chi connectivity index (χ0v) is 10.9. The summed E-state index contributed by atoms with van der Waals surface area (Å²) in [4.78, 5) is 0. The molecule has 0 nitrogen and oxygen atoms in total. The van der Waals surface area contributed by atoms with Gasteiger partial charge in [0.1, 0.15) is 0 Å². The molecule has 0 amide bonds. The molecular weight excluding hydrogens is 192 g/mol. The van der Waals surface area contributed by atoms with Crippen LogP contribution in [0.4, 0.5) is 0 Å². The molecule has 0 spiro atoms. The van der Waals surface area contributed by atoms with Crippen LogP contribution in [-0.2, 0) is 0 Å². The highest BCUT2D eigenvalue weighted by molar-refractivity contribution is 5.48. The van der Waals surface area contributed by atoms with Crippen LogP contribution in [0.5, 0.6) is 0 Å². The van der Waals surface area contributed by atoms with Crippen molar-refractivity contribution in [3.8, 4) is 0 Å². The van der Waals surface area contributed by atoms with E-state index in [1.54, 1.807) is 0 Å². The molecule has 0 fully saturated rings. The zero-order chi connectivity index (χ0) is 12.4. The SMILES string of the molecule is C=CC1=C/C(C)(C)/C=C\C(C)(C)/C=C\1C=C. The van der Waals surface area contributed by atoms with Crippen molar-refractivity contribution in [3.63, 3.8) is 0 Å². The Morgan fingerprint density at radius 1 is 0.812 bits per heavy atom. The van der Waals surface area contributed by atoms with E-state index in [0.29, 0.717) is 0 Å². The molecule has 86 valence electrons. The predicted octanol–water partition coefficient (Wildman–Crippen LogP) is 4.83. The molecule has 0 saturated carbocycles. The van der Waals surface area contributed by atoms with Crippen LogP contribution in [0.25, 0.3) is 0 Å². The first-order valence-electron chi connectivity index (χ1n) is 5.71. The van der Waals surface area contributed by atoms with Gasteiger partial charge in [-0.25, -0.2) is 0 Å². The van der Waals surface area contributed by atoms with E-state index in [0.717, 1.165) is 11.1 Å². The minimum Gasteiger partial charge on any atom is -0.0985 e. The molecule has 0 aromatic rings. The first-order chi connectivity index (χ1) is 7.29. The molecule has 0 aliphatic heterocycles. The van der Waals surface area contributed by atoms with Crippen LogP contribution in [0.2, 0.25) is 0 Å². The largest absolute Gasteiger partial charge is 0.0985 e. The normalized spacial score (nSPS) is 31.0. The molecule has 0 radical (unpaired) electrons. The fraction of sp³-hybridized carbons (Fsp3) is 0.375. The molecule has 0 heterocycles. The summed E-state index contributed by atoms with van der Waals surface area (Å²) >= 11 is 0. The number of hydrogen-bond donors (Lipinski definition) is 0. The summed E-state index contributed by atoms with van der Waals surface area (Å²) in [6, 6.07) is 0. The third-order valence-electron chi connectivity index (χ3n) is 2.77. The molecule has 0 aromatic heterocycles. The van der Waals surface area contributed by atoms with Crippen molar-refractivity contribution in [2.45, 2.75) is 27.7 Å². The fourth-order valence-electron chi connectivity index (χ4n) is 1.85. The summed E-state index contributed by atoms with van der Waals surface area (Å²) in [5.74, 6) is 0. The van der Waals surface area contributed by atoms with Gasteiger partial charge in [-0.15, -0.1) is 0 Å². The van der Waals surface area contributed by atoms with Gasteiger partial charge in [0, 0.05) is 10.8 Å². The summed E-state index contributed by atoms with van der Waals surface area (Å²) in [6.07, 6.45) is 12.8. The van der Waals surface area contributed by atoms with Crippen LogP contribution >= 0.6 is 0 Å². The number of hydrogen-bond acceptors (Lipinski definition) is 0. The van der Waals surface area contributed by atoms with Crippen LogP contribution in [0.15, 0.2) is 60.8 Å². The average molecular weight is 214 g/mol. The van der Waals surface area contributed by atoms with Gasteiger partial charge < -0.3 is 0 Å². The van der Waals surface area contributed by atoms with Crippen molar-refractivity contribution in [2.75, 3.05) is 0 Å². The number of rotatable bonds is 2. The Balaban J connectivity index is 3.41. The van der Waals surface area contributed by atoms with Crippen molar-refractivity contribution in [3.05, 3.63) is 60.8 Å². The van der Waals surface area contributed by atoms with Crippen LogP contribution in [0, 0.1) is 10.8 Å². The van der Waals surface area contributed by atoms with Gasteiger partial charge in [-0.2, -0.15) is 0 Å². The molecule has 0 N–H and O–H groups in total. The Bertz CT molecular complexity index is 346. The molecule has 0 saturated heterocycles. The fourth-order valence-corrected chi connectivity index (χ4v) is 1.85. The van der Waals surface area contributed by atoms with Crippen molar-refractivity contribution in [2.24, 2.45) is 10.8 Å². The first-order valence-corrected chi connectivity index (χ1v) is 5.71. The second kappa shape index (κ2) is 4.29. The molecule has 0 atom stereocenters. The smallest absolute Gasteiger partial charge is 0.00139 e. The van der Waals surface area contributed by atoms with Gasteiger partial charge in [0.15, 0.2) is 0 Å². The van der Waals surface area contributed by atoms with Gasteiger partial charge >= 0.3 is 0 Å². The molecule has 1 rings (SSSR count). The van der Waals surface area contributed by atoms with Crippen molar-refractivity contribution >= 4 is 0 Å². The molecule has 16 heavy (non-hydrogen) atoms. The Kier molecular flexibility index (Phi) is 3.42. The highest BCUT2D eigenvalue weighted by Crippen LogP contribution is 2.33. The van der Waals surface area contributed by atoms with Crippen LogP contribution in [0.3, 0.4) is 0 Å². The standard InChI is InChI=1S/C16H22/c1-7-13-11-15(3,4)9-10-16(5,6)12-14(13)8-2/h7-12H,1-2H2,3-6H3/b10-9-,13-11-,14-12-. The molecular formula is C16H22. The van der Waals surface area contributed by atoms with Crippen molar-refractivity contribution in [1.82, 2.24) is 0 Å². The van der Waals surface area contributed by atoms with Crippen molar-refractivity contribution < 1.29 is 0 Å². The van der Waals surface area contributed by atoms with E-state index in [4.69, 9.17) is 0 Å². The van der Waals surface area contributed by atoms with E-state index < -0.39 is 0 Å². The molecule has 0 heteroatoms. The van der Waals surface area contributed by atoms with E-state index >= 15 is 0 Å². The minimum absolute atomic E-state index is 0.0588. The predicted molar refractivity (Wildman–Crippen MR) is 73.3 cm³/mol. The lowest BCUT2D eigenvalue weighted by Gasteiger charge is -2.25. The topological polar surface area (TPSA) is 0 Å². The van der Waals surface area contributed by atoms with Gasteiger partial charge in [0.2, 0.25) is 0 Å². The highest BCUT2D eigenvalue weighted by Gasteiger charge is 2.19. The quantitative estimate of drug-likeness (QED) is 0.577. The molecule has 1 aliphatic carbocycles. The summed E-state index contributed by atoms with van der Waals surface area (Å²) in [7, 11) is 0. The van der Waals surface area contributed by atoms with Gasteiger partial charge in [-0.1, -0.05) is 77.3 Å². The van der Waals surface area contributed by atoms with Crippen molar-refractivity contribution in [1.29, 1.82) is 0 Å². The van der Waals surface area contributed by atoms with E-state index in [2.05, 4.69) is 65.2 Å². The Morgan fingerprint density at radius 2 is 1.12 bits per heavy atom. The van der Waals surface area contributed by atoms with E-state index in [-0.39, 0.29) is 10.8 Å². The molecule has 0 bridgehead atoms. The molecule has 1 aliphatic rings. The third-order valence-corrected chi connectivity index (χ3v) is 2.77. The third kappa shape index (κ3) is 3.10. The maximum Gasteiger partial charge on any atom is 0.00139 e. The zero-order valence-electron chi connectivity index (χ0n) is 10.9. The number of allylic oxidation sites excluding steroid dienone is 8. The maximum absolute atomic E-state index is 3.89. The Hall–Kier alpha value is -1.30. The maximum atomic E-state index is 3.89. The van der Waals surface area contributed by atoms with Gasteiger partial charge in [0.25, 0.3) is 0 Å². The first kappa shape index (κ1) is 12.8. The van der Waals surface area contributed by atoms with E-state index in [1.807, 2.05) is 12.2 Å². The monoisotopic (exact) mass is 214 g/mol. The van der Waals surface area contributed by atoms with E-state index in [1.165, 1.54) is 0 Å². The summed E-state index contributed by atoms with van der Waals surface area (Å²) < 4.78 is 0. The lowest BCUT2D eigenvalue weighted by molar-refractivity contribution is 0.571. The second-order valence-electron chi connectivity index (χ2n) is 5.58. The van der Waals surface area contributed by atoms with Gasteiger partial charge in [-0.3, -0.25) is 0 Å². The Labute approximate surface area is 99.8 Å². The van der Waals surface area contributed by atoms with E-state index in [9.17, 15) is 0 Å². The summed E-state index contributed by atoms with van der Waals surface area (Å²) in [5.41, 5.74) is 2.45.